The van der Waals surface area contributed by atoms with Crippen LogP contribution >= 0.6 is 0 Å². The largest absolute Gasteiger partial charge is 0.289 e. The van der Waals surface area contributed by atoms with E-state index < -0.39 is 4.92 Å². The highest BCUT2D eigenvalue weighted by atomic mass is 16.6. The van der Waals surface area contributed by atoms with Crippen molar-refractivity contribution in [1.82, 2.24) is 0 Å². The Kier molecular flexibility index (Phi) is 3.03. The molecule has 0 unspecified atom stereocenters. The molecule has 3 N–H and O–H groups in total. The minimum atomic E-state index is -0.447. The standard InChI is InChI=1S/C15H12N4O2/c16-8-13-12(7-14(10-1-2-10)18-15(13)17)9-3-5-11(6-4-9)19(20)21/h3-7,10H,1-2H2,(H2,17,18)/p+1. The molecule has 2 aromatic rings. The zero-order chi connectivity index (χ0) is 15.0. The number of rotatable bonds is 3. The molecule has 21 heavy (non-hydrogen) atoms. The van der Waals surface area contributed by atoms with Gasteiger partial charge in [-0.15, -0.1) is 0 Å². The predicted molar refractivity (Wildman–Crippen MR) is 76.2 cm³/mol. The Morgan fingerprint density at radius 3 is 2.52 bits per heavy atom. The average Bonchev–Trinajstić information content (AvgIpc) is 3.31. The number of aromatic amines is 1. The van der Waals surface area contributed by atoms with E-state index in [4.69, 9.17) is 5.73 Å². The Bertz CT molecular complexity index is 758. The summed E-state index contributed by atoms with van der Waals surface area (Å²) in [7, 11) is 0. The van der Waals surface area contributed by atoms with Crippen LogP contribution in [0.1, 0.15) is 30.0 Å². The lowest BCUT2D eigenvalue weighted by Crippen LogP contribution is -2.18. The molecule has 1 aliphatic rings. The van der Waals surface area contributed by atoms with Gasteiger partial charge in [-0.25, -0.2) is 4.98 Å². The first-order valence-corrected chi connectivity index (χ1v) is 6.60. The van der Waals surface area contributed by atoms with Crippen molar-refractivity contribution in [1.29, 1.82) is 5.26 Å². The molecular formula is C15H13N4O2+. The van der Waals surface area contributed by atoms with Gasteiger partial charge in [0, 0.05) is 23.6 Å². The molecule has 1 aromatic carbocycles. The molecule has 1 saturated carbocycles. The molecule has 6 nitrogen and oxygen atoms in total. The van der Waals surface area contributed by atoms with Crippen LogP contribution in [0.3, 0.4) is 0 Å². The number of nitrogen functional groups attached to an aromatic ring is 1. The van der Waals surface area contributed by atoms with Crippen molar-refractivity contribution in [2.45, 2.75) is 18.8 Å². The van der Waals surface area contributed by atoms with E-state index in [9.17, 15) is 15.4 Å². The molecule has 0 saturated heterocycles. The number of nitrogens with two attached hydrogens (primary N) is 1. The molecule has 6 heteroatoms. The molecule has 1 heterocycles. The van der Waals surface area contributed by atoms with Crippen molar-refractivity contribution in [3.05, 3.63) is 51.7 Å². The fourth-order valence-corrected chi connectivity index (χ4v) is 2.35. The Labute approximate surface area is 121 Å². The summed E-state index contributed by atoms with van der Waals surface area (Å²) in [5, 5.41) is 20.0. The van der Waals surface area contributed by atoms with Crippen LogP contribution in [-0.4, -0.2) is 4.92 Å². The van der Waals surface area contributed by atoms with E-state index in [1.54, 1.807) is 12.1 Å². The molecule has 0 radical (unpaired) electrons. The van der Waals surface area contributed by atoms with E-state index in [2.05, 4.69) is 11.1 Å². The number of aromatic nitrogens is 1. The van der Waals surface area contributed by atoms with Crippen LogP contribution in [0.4, 0.5) is 11.5 Å². The SMILES string of the molecule is N#Cc1c(-c2ccc([N+](=O)[O-])cc2)cc(C2CC2)[nH+]c1N. The van der Waals surface area contributed by atoms with Gasteiger partial charge in [-0.3, -0.25) is 15.8 Å². The van der Waals surface area contributed by atoms with Crippen LogP contribution in [0.2, 0.25) is 0 Å². The summed E-state index contributed by atoms with van der Waals surface area (Å²) in [5.41, 5.74) is 8.80. The number of nitriles is 1. The fraction of sp³-hybridized carbons (Fsp3) is 0.200. The number of hydrogen-bond acceptors (Lipinski definition) is 4. The Hall–Kier alpha value is -2.94. The number of nitrogens with one attached hydrogen (secondary N) is 1. The third-order valence-electron chi connectivity index (χ3n) is 3.64. The van der Waals surface area contributed by atoms with E-state index in [0.29, 0.717) is 22.9 Å². The highest BCUT2D eigenvalue weighted by Gasteiger charge is 2.29. The van der Waals surface area contributed by atoms with Crippen molar-refractivity contribution < 1.29 is 9.91 Å². The minimum absolute atomic E-state index is 0.0233. The van der Waals surface area contributed by atoms with Gasteiger partial charge in [0.1, 0.15) is 17.3 Å². The predicted octanol–water partition coefficient (Wildman–Crippen LogP) is 2.41. The molecule has 0 bridgehead atoms. The number of nitro benzene ring substituents is 1. The van der Waals surface area contributed by atoms with Crippen molar-refractivity contribution in [3.63, 3.8) is 0 Å². The van der Waals surface area contributed by atoms with Crippen LogP contribution in [-0.2, 0) is 0 Å². The smallest absolute Gasteiger partial charge is 0.286 e. The molecule has 0 atom stereocenters. The lowest BCUT2D eigenvalue weighted by Gasteiger charge is -2.06. The minimum Gasteiger partial charge on any atom is -0.286 e. The summed E-state index contributed by atoms with van der Waals surface area (Å²) >= 11 is 0. The van der Waals surface area contributed by atoms with Gasteiger partial charge in [-0.2, -0.15) is 5.26 Å². The van der Waals surface area contributed by atoms with Gasteiger partial charge in [-0.05, 0) is 36.6 Å². The number of benzene rings is 1. The molecule has 0 amide bonds. The van der Waals surface area contributed by atoms with Crippen LogP contribution in [0.5, 0.6) is 0 Å². The maximum atomic E-state index is 10.7. The molecule has 104 valence electrons. The third kappa shape index (κ3) is 2.41. The lowest BCUT2D eigenvalue weighted by molar-refractivity contribution is -0.384. The van der Waals surface area contributed by atoms with Gasteiger partial charge in [0.2, 0.25) is 0 Å². The van der Waals surface area contributed by atoms with Gasteiger partial charge < -0.3 is 0 Å². The quantitative estimate of drug-likeness (QED) is 0.688. The number of H-pyrrole nitrogens is 1. The van der Waals surface area contributed by atoms with Gasteiger partial charge in [0.15, 0.2) is 0 Å². The number of anilines is 1. The average molecular weight is 281 g/mol. The summed E-state index contributed by atoms with van der Waals surface area (Å²) in [6, 6.07) is 10.2. The highest BCUT2D eigenvalue weighted by Crippen LogP contribution is 2.40. The molecule has 1 aliphatic carbocycles. The molecule has 0 spiro atoms. The number of hydrogen-bond donors (Lipinski definition) is 1. The van der Waals surface area contributed by atoms with Crippen molar-refractivity contribution in [2.24, 2.45) is 0 Å². The number of nitro groups is 1. The Balaban J connectivity index is 2.11. The van der Waals surface area contributed by atoms with E-state index in [1.807, 2.05) is 6.07 Å². The first-order valence-electron chi connectivity index (χ1n) is 6.60. The van der Waals surface area contributed by atoms with E-state index in [1.165, 1.54) is 12.1 Å². The first kappa shape index (κ1) is 13.1. The number of non-ortho nitro benzene ring substituents is 1. The second-order valence-corrected chi connectivity index (χ2v) is 5.12. The zero-order valence-corrected chi connectivity index (χ0v) is 11.2. The van der Waals surface area contributed by atoms with Gasteiger partial charge in [0.05, 0.1) is 4.92 Å². The second-order valence-electron chi connectivity index (χ2n) is 5.12. The molecular weight excluding hydrogens is 268 g/mol. The molecule has 0 aliphatic heterocycles. The maximum Gasteiger partial charge on any atom is 0.289 e. The molecule has 1 fully saturated rings. The Morgan fingerprint density at radius 2 is 2.00 bits per heavy atom. The third-order valence-corrected chi connectivity index (χ3v) is 3.64. The van der Waals surface area contributed by atoms with Crippen LogP contribution < -0.4 is 10.7 Å². The van der Waals surface area contributed by atoms with E-state index >= 15 is 0 Å². The zero-order valence-electron chi connectivity index (χ0n) is 11.2. The highest BCUT2D eigenvalue weighted by molar-refractivity contribution is 5.75. The van der Waals surface area contributed by atoms with Gasteiger partial charge >= 0.3 is 0 Å². The number of pyridine rings is 1. The maximum absolute atomic E-state index is 10.7. The summed E-state index contributed by atoms with van der Waals surface area (Å²) in [6.45, 7) is 0. The van der Waals surface area contributed by atoms with Crippen molar-refractivity contribution in [2.75, 3.05) is 5.73 Å². The second kappa shape index (κ2) is 4.87. The van der Waals surface area contributed by atoms with Crippen LogP contribution in [0.25, 0.3) is 11.1 Å². The lowest BCUT2D eigenvalue weighted by atomic mass is 9.99. The monoisotopic (exact) mass is 281 g/mol. The fourth-order valence-electron chi connectivity index (χ4n) is 2.35. The topological polar surface area (TPSA) is 107 Å². The van der Waals surface area contributed by atoms with Gasteiger partial charge in [0.25, 0.3) is 11.5 Å². The summed E-state index contributed by atoms with van der Waals surface area (Å²) in [6.07, 6.45) is 2.23. The van der Waals surface area contributed by atoms with E-state index in [-0.39, 0.29) is 5.69 Å². The number of nitrogens with zero attached hydrogens (tertiary/aromatic N) is 2. The van der Waals surface area contributed by atoms with Crippen molar-refractivity contribution >= 4 is 11.5 Å². The molecule has 3 rings (SSSR count). The van der Waals surface area contributed by atoms with Crippen LogP contribution in [0.15, 0.2) is 30.3 Å². The first-order chi connectivity index (χ1) is 10.1. The van der Waals surface area contributed by atoms with Crippen molar-refractivity contribution in [3.8, 4) is 17.2 Å². The Morgan fingerprint density at radius 1 is 1.33 bits per heavy atom. The van der Waals surface area contributed by atoms with E-state index in [0.717, 1.165) is 24.1 Å². The normalized spacial score (nSPS) is 13.7. The summed E-state index contributed by atoms with van der Waals surface area (Å²) in [5.74, 6) is 0.812. The van der Waals surface area contributed by atoms with Crippen LogP contribution in [0, 0.1) is 21.4 Å². The molecule has 1 aromatic heterocycles. The summed E-state index contributed by atoms with van der Waals surface area (Å²) < 4.78 is 0. The van der Waals surface area contributed by atoms with Gasteiger partial charge in [-0.1, -0.05) is 0 Å². The summed E-state index contributed by atoms with van der Waals surface area (Å²) in [4.78, 5) is 13.3.